The molecule has 0 aliphatic carbocycles. The number of carbonyl (C=O) groups excluding carboxylic acids is 1. The molecule has 7 nitrogen and oxygen atoms in total. The fraction of sp³-hybridized carbons (Fsp3) is 0.0345. The van der Waals surface area contributed by atoms with Gasteiger partial charge in [-0.1, -0.05) is 60.1 Å². The monoisotopic (exact) mass is 670 g/mol. The summed E-state index contributed by atoms with van der Waals surface area (Å²) in [5, 5.41) is 6.42. The van der Waals surface area contributed by atoms with Crippen LogP contribution >= 0.6 is 34.2 Å². The minimum Gasteiger partial charge on any atom is -0.493 e. The van der Waals surface area contributed by atoms with E-state index in [0.29, 0.717) is 31.1 Å². The number of para-hydroxylation sites is 1. The van der Waals surface area contributed by atoms with Crippen LogP contribution in [0.3, 0.4) is 0 Å². The fourth-order valence-corrected chi connectivity index (χ4v) is 5.90. The van der Waals surface area contributed by atoms with Gasteiger partial charge in [0.2, 0.25) is 0 Å². The van der Waals surface area contributed by atoms with Crippen LogP contribution in [-0.4, -0.2) is 27.1 Å². The highest BCUT2D eigenvalue weighted by Crippen LogP contribution is 2.37. The summed E-state index contributed by atoms with van der Waals surface area (Å²) in [5.41, 5.74) is 2.93. The number of methoxy groups -OCH3 is 1. The van der Waals surface area contributed by atoms with Crippen molar-refractivity contribution in [1.29, 1.82) is 0 Å². The number of benzene rings is 4. The van der Waals surface area contributed by atoms with Crippen LogP contribution in [0.15, 0.2) is 113 Å². The summed E-state index contributed by atoms with van der Waals surface area (Å²) in [6.45, 7) is 0. The number of nitrogens with zero attached hydrogens (tertiary/aromatic N) is 2. The predicted molar refractivity (Wildman–Crippen MR) is 160 cm³/mol. The molecule has 1 heterocycles. The minimum absolute atomic E-state index is 0.0378. The Morgan fingerprint density at radius 1 is 0.923 bits per heavy atom. The summed E-state index contributed by atoms with van der Waals surface area (Å²) in [5.74, 6) is -0.0645. The van der Waals surface area contributed by atoms with Crippen LogP contribution in [-0.2, 0) is 14.9 Å². The first-order valence-corrected chi connectivity index (χ1v) is 14.5. The molecule has 0 fully saturated rings. The first kappa shape index (κ1) is 26.9. The van der Waals surface area contributed by atoms with E-state index in [4.69, 9.17) is 20.5 Å². The second-order valence-electron chi connectivity index (χ2n) is 8.35. The molecule has 1 aliphatic rings. The number of amides is 1. The van der Waals surface area contributed by atoms with Crippen molar-refractivity contribution in [3.63, 3.8) is 0 Å². The molecule has 1 aliphatic heterocycles. The summed E-state index contributed by atoms with van der Waals surface area (Å²) in [7, 11) is -2.74. The van der Waals surface area contributed by atoms with Gasteiger partial charge in [0.05, 0.1) is 21.9 Å². The summed E-state index contributed by atoms with van der Waals surface area (Å²) in [6, 6.07) is 27.6. The lowest BCUT2D eigenvalue weighted by molar-refractivity contribution is -0.114. The van der Waals surface area contributed by atoms with E-state index in [0.717, 1.165) is 5.56 Å². The Hall–Kier alpha value is -3.67. The van der Waals surface area contributed by atoms with Crippen LogP contribution in [0.1, 0.15) is 11.1 Å². The van der Waals surface area contributed by atoms with E-state index in [1.54, 1.807) is 18.2 Å². The lowest BCUT2D eigenvalue weighted by atomic mass is 10.00. The lowest BCUT2D eigenvalue weighted by Gasteiger charge is -2.14. The highest BCUT2D eigenvalue weighted by Gasteiger charge is 2.32. The number of hydrogen-bond donors (Lipinski definition) is 0. The van der Waals surface area contributed by atoms with Crippen molar-refractivity contribution >= 4 is 67.7 Å². The average molecular weight is 671 g/mol. The Morgan fingerprint density at radius 2 is 1.56 bits per heavy atom. The van der Waals surface area contributed by atoms with Crippen LogP contribution in [0, 0.1) is 3.57 Å². The zero-order valence-electron chi connectivity index (χ0n) is 20.4. The van der Waals surface area contributed by atoms with E-state index < -0.39 is 10.1 Å². The molecule has 0 unspecified atom stereocenters. The number of ether oxygens (including phenoxy) is 1. The van der Waals surface area contributed by atoms with Gasteiger partial charge in [-0.25, -0.2) is 0 Å². The topological polar surface area (TPSA) is 85.3 Å². The van der Waals surface area contributed by atoms with E-state index >= 15 is 0 Å². The number of hydrazone groups is 1. The zero-order chi connectivity index (χ0) is 27.6. The van der Waals surface area contributed by atoms with Crippen LogP contribution in [0.5, 0.6) is 11.5 Å². The molecule has 5 rings (SSSR count). The molecule has 10 heteroatoms. The van der Waals surface area contributed by atoms with Crippen LogP contribution in [0.25, 0.3) is 6.08 Å². The third-order valence-electron chi connectivity index (χ3n) is 5.78. The van der Waals surface area contributed by atoms with Crippen LogP contribution < -0.4 is 13.9 Å². The Balaban J connectivity index is 1.55. The van der Waals surface area contributed by atoms with E-state index in [-0.39, 0.29) is 22.3 Å². The van der Waals surface area contributed by atoms with E-state index in [1.807, 2.05) is 83.3 Å². The van der Waals surface area contributed by atoms with Crippen molar-refractivity contribution < 1.29 is 22.1 Å². The normalized spacial score (nSPS) is 14.4. The second kappa shape index (κ2) is 11.2. The molecular formula is C29H20ClIN2O5S. The highest BCUT2D eigenvalue weighted by molar-refractivity contribution is 14.1. The third kappa shape index (κ3) is 5.70. The van der Waals surface area contributed by atoms with Crippen LogP contribution in [0.4, 0.5) is 5.69 Å². The van der Waals surface area contributed by atoms with Crippen molar-refractivity contribution in [2.24, 2.45) is 5.10 Å². The van der Waals surface area contributed by atoms with Gasteiger partial charge in [0, 0.05) is 10.6 Å². The number of carbonyl (C=O) groups is 1. The maximum Gasteiger partial charge on any atom is 0.339 e. The number of halogens is 2. The Morgan fingerprint density at radius 3 is 2.21 bits per heavy atom. The van der Waals surface area contributed by atoms with Gasteiger partial charge in [-0.15, -0.1) is 0 Å². The number of anilines is 1. The Labute approximate surface area is 244 Å². The van der Waals surface area contributed by atoms with Crippen molar-refractivity contribution in [3.8, 4) is 11.5 Å². The summed E-state index contributed by atoms with van der Waals surface area (Å²) < 4.78 is 37.2. The van der Waals surface area contributed by atoms with Gasteiger partial charge >= 0.3 is 10.1 Å². The first-order valence-electron chi connectivity index (χ1n) is 11.6. The molecule has 0 atom stereocenters. The molecule has 1 amide bonds. The van der Waals surface area contributed by atoms with Crippen molar-refractivity contribution in [2.75, 3.05) is 12.1 Å². The molecule has 0 bridgehead atoms. The summed E-state index contributed by atoms with van der Waals surface area (Å²) >= 11 is 7.86. The van der Waals surface area contributed by atoms with Crippen LogP contribution in [0.2, 0.25) is 5.02 Å². The minimum atomic E-state index is -4.15. The van der Waals surface area contributed by atoms with Crippen molar-refractivity contribution in [1.82, 2.24) is 0 Å². The Kier molecular flexibility index (Phi) is 7.74. The molecule has 0 saturated carbocycles. The molecule has 4 aromatic carbocycles. The van der Waals surface area contributed by atoms with E-state index in [9.17, 15) is 13.2 Å². The maximum absolute atomic E-state index is 13.6. The molecule has 0 radical (unpaired) electrons. The molecule has 196 valence electrons. The van der Waals surface area contributed by atoms with Gasteiger partial charge in [0.1, 0.15) is 10.6 Å². The van der Waals surface area contributed by atoms with Gasteiger partial charge in [0.15, 0.2) is 11.5 Å². The molecule has 39 heavy (non-hydrogen) atoms. The summed E-state index contributed by atoms with van der Waals surface area (Å²) in [4.78, 5) is 13.5. The lowest BCUT2D eigenvalue weighted by Crippen LogP contribution is -2.21. The zero-order valence-corrected chi connectivity index (χ0v) is 24.1. The van der Waals surface area contributed by atoms with E-state index in [2.05, 4.69) is 5.10 Å². The molecular weight excluding hydrogens is 651 g/mol. The standard InChI is InChI=1S/C29H20ClIN2O5S/c1-37-26-18-19(17-25(31)28(26)38-39(35,36)23-14-12-21(30)13-15-23)16-24-27(20-8-4-2-5-9-20)32-33(29(24)34)22-10-6-3-7-11-22/h2-18H,1H3/b24-16-. The SMILES string of the molecule is COc1cc(/C=C2\C(=O)N(c3ccccc3)N=C2c2ccccc2)cc(I)c1OS(=O)(=O)c1ccc(Cl)cc1. The average Bonchev–Trinajstić information content (AvgIpc) is 3.26. The molecule has 0 aromatic heterocycles. The maximum atomic E-state index is 13.6. The first-order chi connectivity index (χ1) is 18.8. The molecule has 0 N–H and O–H groups in total. The second-order valence-corrected chi connectivity index (χ2v) is 11.5. The largest absolute Gasteiger partial charge is 0.493 e. The number of rotatable bonds is 7. The van der Waals surface area contributed by atoms with Crippen molar-refractivity contribution in [2.45, 2.75) is 4.90 Å². The molecule has 0 saturated heterocycles. The third-order valence-corrected chi connectivity index (χ3v) is 8.07. The van der Waals surface area contributed by atoms with E-state index in [1.165, 1.54) is 36.4 Å². The quantitative estimate of drug-likeness (QED) is 0.126. The fourth-order valence-electron chi connectivity index (χ4n) is 3.93. The summed E-state index contributed by atoms with van der Waals surface area (Å²) in [6.07, 6.45) is 1.71. The molecule has 0 spiro atoms. The predicted octanol–water partition coefficient (Wildman–Crippen LogP) is 6.56. The van der Waals surface area contributed by atoms with Gasteiger partial charge in [-0.3, -0.25) is 4.79 Å². The smallest absolute Gasteiger partial charge is 0.339 e. The van der Waals surface area contributed by atoms with Gasteiger partial charge in [0.25, 0.3) is 5.91 Å². The number of hydrogen-bond acceptors (Lipinski definition) is 6. The van der Waals surface area contributed by atoms with Gasteiger partial charge in [-0.2, -0.15) is 18.5 Å². The van der Waals surface area contributed by atoms with Crippen molar-refractivity contribution in [3.05, 3.63) is 122 Å². The highest BCUT2D eigenvalue weighted by atomic mass is 127. The van der Waals surface area contributed by atoms with Gasteiger partial charge in [-0.05, 0) is 82.8 Å². The Bertz CT molecular complexity index is 1710. The molecule has 4 aromatic rings. The van der Waals surface area contributed by atoms with Gasteiger partial charge < -0.3 is 8.92 Å².